The van der Waals surface area contributed by atoms with Crippen LogP contribution in [0.15, 0.2) is 10.8 Å². The molecule has 1 N–H and O–H groups in total. The van der Waals surface area contributed by atoms with Crippen molar-refractivity contribution >= 4 is 11.9 Å². The van der Waals surface area contributed by atoms with Gasteiger partial charge in [0.1, 0.15) is 11.6 Å². The lowest BCUT2D eigenvalue weighted by Gasteiger charge is -2.27. The van der Waals surface area contributed by atoms with E-state index in [0.29, 0.717) is 5.69 Å². The third kappa shape index (κ3) is 4.88. The third-order valence-electron chi connectivity index (χ3n) is 3.11. The van der Waals surface area contributed by atoms with Gasteiger partial charge in [0, 0.05) is 0 Å². The summed E-state index contributed by atoms with van der Waals surface area (Å²) in [6, 6.07) is -0.716. The van der Waals surface area contributed by atoms with Gasteiger partial charge in [0.25, 0.3) is 5.91 Å². The Balaban J connectivity index is 2.87. The number of oxazole rings is 1. The van der Waals surface area contributed by atoms with Gasteiger partial charge in [-0.25, -0.2) is 9.78 Å². The number of carbonyl (C=O) groups is 2. The van der Waals surface area contributed by atoms with Crippen LogP contribution in [-0.4, -0.2) is 28.5 Å². The molecule has 2 atom stereocenters. The molecule has 0 aliphatic carbocycles. The van der Waals surface area contributed by atoms with Gasteiger partial charge in [-0.3, -0.25) is 4.79 Å². The summed E-state index contributed by atoms with van der Waals surface area (Å²) in [6.07, 6.45) is 1.94. The summed E-state index contributed by atoms with van der Waals surface area (Å²) in [5.74, 6) is -0.831. The van der Waals surface area contributed by atoms with Gasteiger partial charge in [-0.1, -0.05) is 20.3 Å². The average Bonchev–Trinajstić information content (AvgIpc) is 2.78. The smallest absolute Gasteiger partial charge is 0.329 e. The normalized spacial score (nSPS) is 14.4. The Bertz CT molecular complexity index is 502. The van der Waals surface area contributed by atoms with Crippen LogP contribution in [-0.2, 0) is 9.53 Å². The summed E-state index contributed by atoms with van der Waals surface area (Å²) >= 11 is 0. The molecule has 1 amide bonds. The van der Waals surface area contributed by atoms with Crippen LogP contribution < -0.4 is 5.32 Å². The molecular weight excluding hydrogens is 272 g/mol. The molecule has 0 unspecified atom stereocenters. The molecule has 0 aromatic carbocycles. The van der Waals surface area contributed by atoms with E-state index in [-0.39, 0.29) is 11.7 Å². The molecule has 1 aromatic rings. The maximum Gasteiger partial charge on any atom is 0.329 e. The van der Waals surface area contributed by atoms with Crippen LogP contribution >= 0.6 is 0 Å². The fourth-order valence-electron chi connectivity index (χ4n) is 1.76. The number of ether oxygens (including phenoxy) is 1. The zero-order valence-electron chi connectivity index (χ0n) is 13.5. The number of rotatable bonds is 5. The Morgan fingerprint density at radius 2 is 2.05 bits per heavy atom. The summed E-state index contributed by atoms with van der Waals surface area (Å²) in [7, 11) is 0. The summed E-state index contributed by atoms with van der Waals surface area (Å²) < 4.78 is 10.4. The van der Waals surface area contributed by atoms with Gasteiger partial charge in [-0.05, 0) is 33.6 Å². The first kappa shape index (κ1) is 17.2. The Morgan fingerprint density at radius 3 is 2.48 bits per heavy atom. The molecule has 21 heavy (non-hydrogen) atoms. The van der Waals surface area contributed by atoms with Crippen molar-refractivity contribution in [1.82, 2.24) is 10.3 Å². The van der Waals surface area contributed by atoms with Crippen LogP contribution in [0.4, 0.5) is 0 Å². The van der Waals surface area contributed by atoms with E-state index in [4.69, 9.17) is 9.15 Å². The Labute approximate surface area is 125 Å². The lowest BCUT2D eigenvalue weighted by molar-refractivity contribution is -0.158. The third-order valence-corrected chi connectivity index (χ3v) is 3.11. The number of aryl methyl sites for hydroxylation is 1. The predicted octanol–water partition coefficient (Wildman–Crippen LogP) is 2.47. The molecule has 0 saturated heterocycles. The Kier molecular flexibility index (Phi) is 5.52. The molecule has 0 aliphatic heterocycles. The number of hydrogen-bond donors (Lipinski definition) is 1. The van der Waals surface area contributed by atoms with Gasteiger partial charge in [-0.15, -0.1) is 0 Å². The predicted molar refractivity (Wildman–Crippen MR) is 77.8 cm³/mol. The molecule has 0 fully saturated rings. The van der Waals surface area contributed by atoms with Crippen molar-refractivity contribution in [3.8, 4) is 0 Å². The molecule has 6 heteroatoms. The maximum absolute atomic E-state index is 12.3. The number of nitrogens with zero attached hydrogens (tertiary/aromatic N) is 1. The molecule has 1 aromatic heterocycles. The van der Waals surface area contributed by atoms with Crippen molar-refractivity contribution in [2.75, 3.05) is 0 Å². The van der Waals surface area contributed by atoms with E-state index in [0.717, 1.165) is 6.42 Å². The average molecular weight is 296 g/mol. The van der Waals surface area contributed by atoms with Crippen LogP contribution in [0.2, 0.25) is 0 Å². The summed E-state index contributed by atoms with van der Waals surface area (Å²) in [4.78, 5) is 28.3. The molecule has 0 spiro atoms. The highest BCUT2D eigenvalue weighted by molar-refractivity contribution is 5.95. The quantitative estimate of drug-likeness (QED) is 0.844. The maximum atomic E-state index is 12.3. The number of aromatic nitrogens is 1. The van der Waals surface area contributed by atoms with Crippen LogP contribution in [0.1, 0.15) is 57.3 Å². The van der Waals surface area contributed by atoms with Crippen molar-refractivity contribution in [3.05, 3.63) is 17.8 Å². The molecular formula is C15H24N2O4. The lowest BCUT2D eigenvalue weighted by Crippen LogP contribution is -2.47. The number of amides is 1. The van der Waals surface area contributed by atoms with Crippen molar-refractivity contribution in [3.63, 3.8) is 0 Å². The van der Waals surface area contributed by atoms with Gasteiger partial charge in [0.15, 0.2) is 6.39 Å². The van der Waals surface area contributed by atoms with Crippen molar-refractivity contribution in [2.45, 2.75) is 59.6 Å². The van der Waals surface area contributed by atoms with Gasteiger partial charge >= 0.3 is 5.97 Å². The minimum atomic E-state index is -0.716. The molecule has 0 bridgehead atoms. The van der Waals surface area contributed by atoms with Crippen LogP contribution in [0, 0.1) is 12.8 Å². The minimum absolute atomic E-state index is 0.0490. The zero-order chi connectivity index (χ0) is 16.2. The number of esters is 1. The van der Waals surface area contributed by atoms with Crippen LogP contribution in [0.5, 0.6) is 0 Å². The summed E-state index contributed by atoms with van der Waals surface area (Å²) in [5.41, 5.74) is -0.116. The van der Waals surface area contributed by atoms with Crippen molar-refractivity contribution in [2.24, 2.45) is 5.92 Å². The summed E-state index contributed by atoms with van der Waals surface area (Å²) in [5, 5.41) is 2.69. The van der Waals surface area contributed by atoms with Crippen molar-refractivity contribution in [1.29, 1.82) is 0 Å². The molecule has 0 aliphatic rings. The molecule has 0 radical (unpaired) electrons. The molecule has 1 heterocycles. The molecule has 6 nitrogen and oxygen atoms in total. The van der Waals surface area contributed by atoms with E-state index < -0.39 is 23.5 Å². The molecule has 118 valence electrons. The highest BCUT2D eigenvalue weighted by atomic mass is 16.6. The molecule has 1 rings (SSSR count). The Hall–Kier alpha value is -1.85. The fourth-order valence-corrected chi connectivity index (χ4v) is 1.76. The van der Waals surface area contributed by atoms with E-state index in [1.807, 2.05) is 13.8 Å². The number of carbonyl (C=O) groups excluding carboxylic acids is 2. The first-order valence-corrected chi connectivity index (χ1v) is 7.09. The monoisotopic (exact) mass is 296 g/mol. The van der Waals surface area contributed by atoms with E-state index in [2.05, 4.69) is 10.3 Å². The number of hydrogen-bond acceptors (Lipinski definition) is 5. The van der Waals surface area contributed by atoms with E-state index in [1.54, 1.807) is 27.7 Å². The van der Waals surface area contributed by atoms with Crippen LogP contribution in [0.25, 0.3) is 0 Å². The van der Waals surface area contributed by atoms with Crippen molar-refractivity contribution < 1.29 is 18.7 Å². The zero-order valence-corrected chi connectivity index (χ0v) is 13.5. The van der Waals surface area contributed by atoms with Gasteiger partial charge in [-0.2, -0.15) is 0 Å². The lowest BCUT2D eigenvalue weighted by atomic mass is 9.98. The van der Waals surface area contributed by atoms with Gasteiger partial charge < -0.3 is 14.5 Å². The largest absolute Gasteiger partial charge is 0.458 e. The fraction of sp³-hybridized carbons (Fsp3) is 0.667. The highest BCUT2D eigenvalue weighted by Gasteiger charge is 2.31. The first-order chi connectivity index (χ1) is 9.65. The second kappa shape index (κ2) is 6.74. The summed E-state index contributed by atoms with van der Waals surface area (Å²) in [6.45, 7) is 10.9. The molecule has 0 saturated carbocycles. The minimum Gasteiger partial charge on any atom is -0.458 e. The first-order valence-electron chi connectivity index (χ1n) is 7.09. The topological polar surface area (TPSA) is 81.4 Å². The van der Waals surface area contributed by atoms with E-state index in [9.17, 15) is 9.59 Å². The Morgan fingerprint density at radius 1 is 1.43 bits per heavy atom. The number of nitrogens with one attached hydrogen (secondary N) is 1. The van der Waals surface area contributed by atoms with Crippen LogP contribution in [0.3, 0.4) is 0 Å². The standard InChI is InChI=1S/C15H24N2O4/c1-7-9(2)11(14(19)21-15(4,5)6)17-13(18)12-10(3)16-8-20-12/h8-9,11H,7H2,1-6H3,(H,17,18)/t9-,11-/m0/s1. The van der Waals surface area contributed by atoms with Gasteiger partial charge in [0.2, 0.25) is 5.76 Å². The van der Waals surface area contributed by atoms with Gasteiger partial charge in [0.05, 0.1) is 5.69 Å². The second-order valence-corrected chi connectivity index (χ2v) is 6.14. The van der Waals surface area contributed by atoms with E-state index >= 15 is 0 Å². The van der Waals surface area contributed by atoms with E-state index in [1.165, 1.54) is 6.39 Å². The highest BCUT2D eigenvalue weighted by Crippen LogP contribution is 2.16. The SMILES string of the molecule is CC[C@H](C)[C@H](NC(=O)c1ocnc1C)C(=O)OC(C)(C)C. The second-order valence-electron chi connectivity index (χ2n) is 6.14.